The summed E-state index contributed by atoms with van der Waals surface area (Å²) in [5, 5.41) is 9.62. The zero-order chi connectivity index (χ0) is 25.1. The highest BCUT2D eigenvalue weighted by atomic mass is 32.2. The average molecular weight is 476 g/mol. The molecule has 2 rings (SSSR count). The monoisotopic (exact) mass is 475 g/mol. The summed E-state index contributed by atoms with van der Waals surface area (Å²) >= 11 is 1.76. The van der Waals surface area contributed by atoms with E-state index in [4.69, 9.17) is 0 Å². The van der Waals surface area contributed by atoms with Crippen molar-refractivity contribution in [2.45, 2.75) is 110 Å². The second-order valence-corrected chi connectivity index (χ2v) is 12.3. The fourth-order valence-corrected chi connectivity index (χ4v) is 7.05. The molecule has 0 radical (unpaired) electrons. The van der Waals surface area contributed by atoms with Crippen LogP contribution in [0.25, 0.3) is 0 Å². The van der Waals surface area contributed by atoms with E-state index in [1.54, 1.807) is 11.8 Å². The van der Waals surface area contributed by atoms with Gasteiger partial charge >= 0.3 is 0 Å². The molecule has 1 aliphatic rings. The van der Waals surface area contributed by atoms with Crippen LogP contribution in [-0.2, 0) is 10.5 Å². The van der Waals surface area contributed by atoms with E-state index < -0.39 is 23.2 Å². The highest BCUT2D eigenvalue weighted by Crippen LogP contribution is 2.48. The number of aryl methyl sites for hydroxylation is 1. The van der Waals surface area contributed by atoms with E-state index in [1.165, 1.54) is 16.0 Å². The van der Waals surface area contributed by atoms with Crippen LogP contribution < -0.4 is 0 Å². The molecular weight excluding hydrogens is 433 g/mol. The molecule has 0 N–H and O–H groups in total. The van der Waals surface area contributed by atoms with Gasteiger partial charge in [-0.15, -0.1) is 0 Å². The van der Waals surface area contributed by atoms with E-state index in [2.05, 4.69) is 97.5 Å². The molecule has 1 unspecified atom stereocenters. The van der Waals surface area contributed by atoms with Gasteiger partial charge in [0.1, 0.15) is 17.8 Å². The maximum Gasteiger partial charge on any atom is 0.245 e. The summed E-state index contributed by atoms with van der Waals surface area (Å²) < 4.78 is 14.4. The number of nitrogens with zero attached hydrogens (tertiary/aromatic N) is 3. The molecule has 0 bridgehead atoms. The van der Waals surface area contributed by atoms with Gasteiger partial charge in [0.25, 0.3) is 0 Å². The molecule has 1 amide bonds. The van der Waals surface area contributed by atoms with Crippen LogP contribution in [0.4, 0.5) is 4.39 Å². The fourth-order valence-electron chi connectivity index (χ4n) is 5.60. The van der Waals surface area contributed by atoms with Crippen LogP contribution in [0.15, 0.2) is 24.3 Å². The van der Waals surface area contributed by atoms with E-state index in [9.17, 15) is 14.4 Å². The molecule has 0 saturated carbocycles. The Bertz CT molecular complexity index is 834. The van der Waals surface area contributed by atoms with Crippen LogP contribution in [0.5, 0.6) is 0 Å². The van der Waals surface area contributed by atoms with Gasteiger partial charge in [0.15, 0.2) is 0 Å². The van der Waals surface area contributed by atoms with Gasteiger partial charge in [-0.25, -0.2) is 4.39 Å². The predicted molar refractivity (Wildman–Crippen MR) is 137 cm³/mol. The Morgan fingerprint density at radius 3 is 2.18 bits per heavy atom. The first kappa shape index (κ1) is 27.7. The van der Waals surface area contributed by atoms with Gasteiger partial charge in [0, 0.05) is 29.5 Å². The highest BCUT2D eigenvalue weighted by Gasteiger charge is 2.60. The summed E-state index contributed by atoms with van der Waals surface area (Å²) in [6.45, 7) is 19.0. The van der Waals surface area contributed by atoms with E-state index in [0.717, 1.165) is 5.75 Å². The Kier molecular flexibility index (Phi) is 9.04. The van der Waals surface area contributed by atoms with Gasteiger partial charge in [0.2, 0.25) is 5.91 Å². The SMILES string of the molecule is Cc1ccc(CSC(C)[C@@](C(=O)N2C[C@@H](F)C[C@H]2C#N)(N(C(C)C)C(C)C)C(C)(C)C)cc1. The van der Waals surface area contributed by atoms with Crippen LogP contribution in [0.3, 0.4) is 0 Å². The lowest BCUT2D eigenvalue weighted by Crippen LogP contribution is -2.73. The van der Waals surface area contributed by atoms with Crippen molar-refractivity contribution in [2.75, 3.05) is 6.54 Å². The van der Waals surface area contributed by atoms with E-state index in [1.807, 2.05) is 0 Å². The van der Waals surface area contributed by atoms with Crippen LogP contribution in [-0.4, -0.2) is 57.3 Å². The summed E-state index contributed by atoms with van der Waals surface area (Å²) in [5.41, 5.74) is 1.07. The van der Waals surface area contributed by atoms with E-state index >= 15 is 0 Å². The Morgan fingerprint density at radius 2 is 1.73 bits per heavy atom. The standard InChI is InChI=1S/C27H42FN3OS/c1-18(2)31(19(3)4)27(26(7,8)9,25(32)30-16-23(28)14-24(30)15-29)21(6)33-17-22-12-10-20(5)11-13-22/h10-13,18-19,21,23-24H,14,16-17H2,1-9H3/t21?,23-,24-,27-/m0/s1. The Balaban J connectivity index is 2.60. The molecule has 33 heavy (non-hydrogen) atoms. The molecule has 1 aliphatic heterocycles. The number of halogens is 1. The highest BCUT2D eigenvalue weighted by molar-refractivity contribution is 7.99. The Labute approximate surface area is 204 Å². The lowest BCUT2D eigenvalue weighted by atomic mass is 9.68. The molecular formula is C27H42FN3OS. The lowest BCUT2D eigenvalue weighted by Gasteiger charge is -2.58. The molecule has 184 valence electrons. The van der Waals surface area contributed by atoms with Crippen molar-refractivity contribution in [1.29, 1.82) is 5.26 Å². The molecule has 1 saturated heterocycles. The number of alkyl halides is 1. The van der Waals surface area contributed by atoms with E-state index in [-0.39, 0.29) is 36.2 Å². The van der Waals surface area contributed by atoms with Crippen molar-refractivity contribution >= 4 is 17.7 Å². The molecule has 0 aromatic heterocycles. The minimum absolute atomic E-state index is 0.00569. The Hall–Kier alpha value is -1.58. The number of carbonyl (C=O) groups excluding carboxylic acids is 1. The van der Waals surface area contributed by atoms with Crippen LogP contribution in [0, 0.1) is 23.7 Å². The van der Waals surface area contributed by atoms with Gasteiger partial charge < -0.3 is 4.90 Å². The first-order valence-corrected chi connectivity index (χ1v) is 13.1. The fraction of sp³-hybridized carbons (Fsp3) is 0.704. The number of amides is 1. The topological polar surface area (TPSA) is 47.3 Å². The van der Waals surface area contributed by atoms with Crippen molar-refractivity contribution in [3.8, 4) is 6.07 Å². The first-order valence-electron chi connectivity index (χ1n) is 12.1. The summed E-state index contributed by atoms with van der Waals surface area (Å²) in [6, 6.07) is 10.2. The molecule has 1 fully saturated rings. The second kappa shape index (κ2) is 10.8. The second-order valence-electron chi connectivity index (χ2n) is 11.0. The minimum Gasteiger partial charge on any atom is -0.322 e. The number of hydrogen-bond acceptors (Lipinski definition) is 4. The molecule has 4 nitrogen and oxygen atoms in total. The quantitative estimate of drug-likeness (QED) is 0.464. The molecule has 4 atom stereocenters. The summed E-state index contributed by atoms with van der Waals surface area (Å²) in [4.78, 5) is 18.4. The largest absolute Gasteiger partial charge is 0.322 e. The number of thioether (sulfide) groups is 1. The van der Waals surface area contributed by atoms with Crippen molar-refractivity contribution in [2.24, 2.45) is 5.41 Å². The van der Waals surface area contributed by atoms with Gasteiger partial charge in [-0.3, -0.25) is 9.69 Å². The predicted octanol–water partition coefficient (Wildman–Crippen LogP) is 5.98. The van der Waals surface area contributed by atoms with Crippen molar-refractivity contribution < 1.29 is 9.18 Å². The Morgan fingerprint density at radius 1 is 1.18 bits per heavy atom. The van der Waals surface area contributed by atoms with Crippen molar-refractivity contribution in [3.05, 3.63) is 35.4 Å². The molecule has 6 heteroatoms. The smallest absolute Gasteiger partial charge is 0.245 e. The number of benzene rings is 1. The van der Waals surface area contributed by atoms with Gasteiger partial charge in [0.05, 0.1) is 12.6 Å². The normalized spacial score (nSPS) is 22.0. The van der Waals surface area contributed by atoms with Crippen LogP contribution in [0.1, 0.15) is 72.9 Å². The minimum atomic E-state index is -1.15. The number of likely N-dealkylation sites (tertiary alicyclic amines) is 1. The summed E-state index contributed by atoms with van der Waals surface area (Å²) in [5.74, 6) is 0.664. The third kappa shape index (κ3) is 5.57. The van der Waals surface area contributed by atoms with Crippen LogP contribution >= 0.6 is 11.8 Å². The third-order valence-corrected chi connectivity index (χ3v) is 8.20. The number of rotatable bonds is 8. The summed E-state index contributed by atoms with van der Waals surface area (Å²) in [7, 11) is 0. The third-order valence-electron chi connectivity index (χ3n) is 6.86. The number of carbonyl (C=O) groups is 1. The summed E-state index contributed by atoms with van der Waals surface area (Å²) in [6.07, 6.45) is -1.06. The lowest BCUT2D eigenvalue weighted by molar-refractivity contribution is -0.159. The van der Waals surface area contributed by atoms with Gasteiger partial charge in [-0.2, -0.15) is 17.0 Å². The molecule has 1 heterocycles. The first-order chi connectivity index (χ1) is 15.3. The van der Waals surface area contributed by atoms with Crippen molar-refractivity contribution in [1.82, 2.24) is 9.80 Å². The van der Waals surface area contributed by atoms with Crippen LogP contribution in [0.2, 0.25) is 0 Å². The zero-order valence-corrected chi connectivity index (χ0v) is 22.7. The van der Waals surface area contributed by atoms with Gasteiger partial charge in [-0.1, -0.05) is 57.5 Å². The zero-order valence-electron chi connectivity index (χ0n) is 21.9. The average Bonchev–Trinajstić information content (AvgIpc) is 3.09. The molecule has 0 spiro atoms. The number of nitriles is 1. The van der Waals surface area contributed by atoms with Crippen molar-refractivity contribution in [3.63, 3.8) is 0 Å². The maximum absolute atomic E-state index is 14.5. The molecule has 1 aromatic carbocycles. The van der Waals surface area contributed by atoms with E-state index in [0.29, 0.717) is 0 Å². The number of hydrogen-bond donors (Lipinski definition) is 0. The molecule has 1 aromatic rings. The molecule has 0 aliphatic carbocycles. The van der Waals surface area contributed by atoms with Gasteiger partial charge in [-0.05, 0) is 45.6 Å². The maximum atomic E-state index is 14.5.